The summed E-state index contributed by atoms with van der Waals surface area (Å²) in [6.07, 6.45) is 12.6. The van der Waals surface area contributed by atoms with Crippen molar-refractivity contribution in [2.24, 2.45) is 5.92 Å². The topological polar surface area (TPSA) is 229 Å². The molecule has 3 aliphatic rings. The van der Waals surface area contributed by atoms with Crippen molar-refractivity contribution in [1.29, 1.82) is 0 Å². The van der Waals surface area contributed by atoms with Crippen LogP contribution < -0.4 is 93.6 Å². The zero-order valence-corrected chi connectivity index (χ0v) is 46.3. The van der Waals surface area contributed by atoms with Crippen LogP contribution in [0, 0.1) is 12.0 Å². The molecule has 0 unspecified atom stereocenters. The van der Waals surface area contributed by atoms with Crippen molar-refractivity contribution < 1.29 is 145 Å². The van der Waals surface area contributed by atoms with E-state index in [1.807, 2.05) is 43.0 Å². The molecule has 2 aliphatic heterocycles. The second-order valence-corrected chi connectivity index (χ2v) is 21.0. The van der Waals surface area contributed by atoms with Gasteiger partial charge in [0.15, 0.2) is 5.71 Å². The van der Waals surface area contributed by atoms with E-state index in [1.165, 1.54) is 28.9 Å². The number of unbranched alkanes of at least 4 members (excludes halogenated alkanes) is 2. The van der Waals surface area contributed by atoms with Crippen molar-refractivity contribution in [1.82, 2.24) is 0 Å². The Balaban J connectivity index is 0.00000263. The summed E-state index contributed by atoms with van der Waals surface area (Å²) < 4.78 is 131. The van der Waals surface area contributed by atoms with Gasteiger partial charge in [-0.05, 0) is 91.0 Å². The first-order chi connectivity index (χ1) is 27.3. The average molecular weight is 961 g/mol. The van der Waals surface area contributed by atoms with Crippen molar-refractivity contribution in [2.75, 3.05) is 29.5 Å². The quantitative estimate of drug-likeness (QED) is 0.0562. The molecule has 0 aromatic heterocycles. The number of hydrogen-bond acceptors (Lipinski definition) is 13. The third-order valence-electron chi connectivity index (χ3n) is 11.0. The third-order valence-corrected chi connectivity index (χ3v) is 13.4. The molecule has 62 heavy (non-hydrogen) atoms. The van der Waals surface area contributed by atoms with Crippen molar-refractivity contribution in [3.63, 3.8) is 0 Å². The van der Waals surface area contributed by atoms with E-state index in [2.05, 4.69) is 56.6 Å². The van der Waals surface area contributed by atoms with Crippen LogP contribution in [-0.2, 0) is 51.8 Å². The maximum absolute atomic E-state index is 12.0. The normalized spacial score (nSPS) is 18.2. The monoisotopic (exact) mass is 960 g/mol. The van der Waals surface area contributed by atoms with Crippen LogP contribution in [-0.4, -0.2) is 86.4 Å². The summed E-state index contributed by atoms with van der Waals surface area (Å²) in [5, 5.41) is 0. The van der Waals surface area contributed by atoms with Crippen LogP contribution >= 0.6 is 0 Å². The molecular weight excluding hydrogens is 910 g/mol. The summed E-state index contributed by atoms with van der Waals surface area (Å²) in [4.78, 5) is 1.71. The van der Waals surface area contributed by atoms with Gasteiger partial charge in [0, 0.05) is 52.8 Å². The summed E-state index contributed by atoms with van der Waals surface area (Å²) in [5.74, 6) is -0.681. The fraction of sp³-hybridized carbons (Fsp3) is 0.488. The van der Waals surface area contributed by atoms with Gasteiger partial charge in [0.05, 0.1) is 25.1 Å². The molecule has 0 N–H and O–H groups in total. The van der Waals surface area contributed by atoms with Crippen LogP contribution in [0.1, 0.15) is 97.6 Å². The molecule has 0 radical (unpaired) electrons. The molecule has 0 amide bonds. The zero-order valence-electron chi connectivity index (χ0n) is 37.1. The van der Waals surface area contributed by atoms with Crippen LogP contribution in [0.15, 0.2) is 88.0 Å². The van der Waals surface area contributed by atoms with E-state index in [-0.39, 0.29) is 118 Å². The van der Waals surface area contributed by atoms with Gasteiger partial charge in [-0.25, -0.2) is 29.8 Å². The molecule has 0 fully saturated rings. The van der Waals surface area contributed by atoms with Gasteiger partial charge < -0.3 is 18.6 Å². The molecule has 324 valence electrons. The Morgan fingerprint density at radius 1 is 0.806 bits per heavy atom. The molecule has 0 spiro atoms. The van der Waals surface area contributed by atoms with Crippen LogP contribution in [0.4, 0.5) is 11.4 Å². The maximum atomic E-state index is 12.0. The average Bonchev–Trinajstić information content (AvgIpc) is 3.46. The summed E-state index contributed by atoms with van der Waals surface area (Å²) in [7, 11) is -16.5. The maximum Gasteiger partial charge on any atom is 1.00 e. The fourth-order valence-corrected chi connectivity index (χ4v) is 9.95. The van der Waals surface area contributed by atoms with Crippen molar-refractivity contribution >= 4 is 58.0 Å². The van der Waals surface area contributed by atoms with Crippen LogP contribution in [0.25, 0.3) is 0 Å². The number of benzene rings is 2. The molecule has 5 rings (SSSR count). The predicted octanol–water partition coefficient (Wildman–Crippen LogP) is -3.27. The Kier molecular flexibility index (Phi) is 23.2. The Hall–Kier alpha value is -0.780. The minimum Gasteiger partial charge on any atom is -0.748 e. The van der Waals surface area contributed by atoms with Crippen molar-refractivity contribution in [3.05, 3.63) is 100 Å². The van der Waals surface area contributed by atoms with E-state index in [9.17, 15) is 38.9 Å². The Labute approximate surface area is 435 Å². The van der Waals surface area contributed by atoms with Gasteiger partial charge in [0.25, 0.3) is 0 Å². The number of allylic oxidation sites excluding steroid dienone is 8. The van der Waals surface area contributed by atoms with Gasteiger partial charge in [0.2, 0.25) is 0 Å². The number of fused-ring (bicyclic) bond motifs is 2. The SMILES string of the molecule is CC(C)C1=C(/C=C/C2=[N+](CCCCS(=O)(=O)[O-])c3cc[c-]cc3C2(C)C)CCC/C1=C\C=C1\N(CCCCS(=O)(=O)[O-])c2ccc(S(=O)(=O)[O-])cc2C1(C)C.O=S(=O)=O.[Na+].[Na+].[Na+]. The van der Waals surface area contributed by atoms with Crippen LogP contribution in [0.5, 0.6) is 0 Å². The molecular formula is C41H51N2Na3O12S4. The number of nitrogens with zero attached hydrogens (tertiary/aromatic N) is 2. The van der Waals surface area contributed by atoms with E-state index in [0.29, 0.717) is 31.5 Å². The standard InChI is InChI=1S/C41H54N2O9S3.3Na.O3S/c1-29(2)39-30(18-22-37-40(3,4)33-16-7-8-17-35(33)42(37)24-9-11-26-53(44,45)46)14-13-15-31(39)19-23-38-41(5,6)34-28-32(55(50,51)52)20-21-36(34)43(38)25-10-12-27-54(47,48)49;;;;1-4(2)3/h8,16-23,28-29H,9-15,24-27H2,1-6H3,(H,44,45,46)(H,47,48,49)(H,50,51,52);;;;/q;3*+1;/p-3. The minimum absolute atomic E-state index is 0. The number of hydrogen-bond donors (Lipinski definition) is 0. The Bertz CT molecular complexity index is 2560. The zero-order chi connectivity index (χ0) is 44.1. The Morgan fingerprint density at radius 3 is 1.97 bits per heavy atom. The molecule has 0 atom stereocenters. The van der Waals surface area contributed by atoms with Crippen LogP contribution in [0.3, 0.4) is 0 Å². The van der Waals surface area contributed by atoms with Gasteiger partial charge in [-0.15, -0.1) is 18.7 Å². The van der Waals surface area contributed by atoms with E-state index < -0.39 is 57.9 Å². The molecule has 0 saturated carbocycles. The van der Waals surface area contributed by atoms with Gasteiger partial charge in [-0.3, -0.25) is 0 Å². The van der Waals surface area contributed by atoms with Crippen molar-refractivity contribution in [2.45, 2.75) is 102 Å². The van der Waals surface area contributed by atoms with E-state index >= 15 is 0 Å². The fourth-order valence-electron chi connectivity index (χ4n) is 8.34. The summed E-state index contributed by atoms with van der Waals surface area (Å²) >= 11 is 0. The molecule has 2 heterocycles. The smallest absolute Gasteiger partial charge is 0.748 e. The summed E-state index contributed by atoms with van der Waals surface area (Å²) in [5.41, 5.74) is 8.08. The summed E-state index contributed by atoms with van der Waals surface area (Å²) in [6, 6.07) is 13.4. The predicted molar refractivity (Wildman–Crippen MR) is 221 cm³/mol. The van der Waals surface area contributed by atoms with Gasteiger partial charge in [-0.1, -0.05) is 59.3 Å². The largest absolute Gasteiger partial charge is 1.00 e. The van der Waals surface area contributed by atoms with E-state index in [4.69, 9.17) is 12.6 Å². The van der Waals surface area contributed by atoms with Gasteiger partial charge in [0.1, 0.15) is 22.4 Å². The molecule has 21 heteroatoms. The first kappa shape index (κ1) is 59.2. The first-order valence-electron chi connectivity index (χ1n) is 19.3. The molecule has 1 aliphatic carbocycles. The van der Waals surface area contributed by atoms with E-state index in [1.54, 1.807) is 6.07 Å². The first-order valence-corrected chi connectivity index (χ1v) is 24.8. The second-order valence-electron chi connectivity index (χ2n) is 16.2. The molecule has 0 saturated heterocycles. The minimum atomic E-state index is -4.70. The second kappa shape index (κ2) is 24.3. The van der Waals surface area contributed by atoms with Gasteiger partial charge in [-0.2, -0.15) is 18.2 Å². The molecule has 14 nitrogen and oxygen atoms in total. The molecule has 0 bridgehead atoms. The number of rotatable bonds is 15. The Morgan fingerprint density at radius 2 is 1.40 bits per heavy atom. The van der Waals surface area contributed by atoms with Crippen molar-refractivity contribution in [3.8, 4) is 0 Å². The summed E-state index contributed by atoms with van der Waals surface area (Å²) in [6.45, 7) is 13.6. The third kappa shape index (κ3) is 15.7. The van der Waals surface area contributed by atoms with Gasteiger partial charge >= 0.3 is 99.3 Å². The van der Waals surface area contributed by atoms with E-state index in [0.717, 1.165) is 47.6 Å². The molecule has 2 aromatic carbocycles. The van der Waals surface area contributed by atoms with Crippen LogP contribution in [0.2, 0.25) is 0 Å². The molecule has 2 aromatic rings. The number of anilines is 1.